The Morgan fingerprint density at radius 3 is 3.00 bits per heavy atom. The van der Waals surface area contributed by atoms with Crippen molar-refractivity contribution in [3.63, 3.8) is 0 Å². The number of hydrogen-bond donors (Lipinski definition) is 1. The van der Waals surface area contributed by atoms with E-state index in [4.69, 9.17) is 5.26 Å². The average molecular weight is 196 g/mol. The van der Waals surface area contributed by atoms with Gasteiger partial charge in [-0.25, -0.2) is 4.79 Å². The lowest BCUT2D eigenvalue weighted by Crippen LogP contribution is -2.35. The maximum absolute atomic E-state index is 11.1. The summed E-state index contributed by atoms with van der Waals surface area (Å²) in [4.78, 5) is 15.0. The summed E-state index contributed by atoms with van der Waals surface area (Å²) < 4.78 is 0. The van der Waals surface area contributed by atoms with Gasteiger partial charge in [0.25, 0.3) is 0 Å². The van der Waals surface area contributed by atoms with Crippen LogP contribution in [-0.2, 0) is 0 Å². The molecule has 0 aliphatic carbocycles. The van der Waals surface area contributed by atoms with E-state index >= 15 is 0 Å². The van der Waals surface area contributed by atoms with E-state index in [1.807, 2.05) is 7.05 Å². The zero-order chi connectivity index (χ0) is 10.4. The van der Waals surface area contributed by atoms with Crippen LogP contribution in [0, 0.1) is 11.3 Å². The molecular weight excluding hydrogens is 180 g/mol. The molecule has 0 saturated carbocycles. The quantitative estimate of drug-likeness (QED) is 0.665. The van der Waals surface area contributed by atoms with E-state index in [1.165, 1.54) is 0 Å². The largest absolute Gasteiger partial charge is 0.336 e. The second-order valence-electron chi connectivity index (χ2n) is 3.43. The van der Waals surface area contributed by atoms with Crippen molar-refractivity contribution in [2.45, 2.75) is 6.42 Å². The van der Waals surface area contributed by atoms with E-state index in [1.54, 1.807) is 4.90 Å². The molecule has 14 heavy (non-hydrogen) atoms. The number of rotatable bonds is 5. The van der Waals surface area contributed by atoms with Crippen LogP contribution in [0.4, 0.5) is 4.79 Å². The SMILES string of the molecule is CN(CCC#N)CCN1CCNC1=O. The number of hydrogen-bond acceptors (Lipinski definition) is 3. The van der Waals surface area contributed by atoms with Crippen molar-refractivity contribution in [2.24, 2.45) is 0 Å². The van der Waals surface area contributed by atoms with Gasteiger partial charge in [0.2, 0.25) is 0 Å². The number of urea groups is 1. The molecule has 2 amide bonds. The molecule has 0 atom stereocenters. The monoisotopic (exact) mass is 196 g/mol. The van der Waals surface area contributed by atoms with Gasteiger partial charge in [0, 0.05) is 39.1 Å². The van der Waals surface area contributed by atoms with Crippen molar-refractivity contribution in [3.8, 4) is 6.07 Å². The highest BCUT2D eigenvalue weighted by Crippen LogP contribution is 1.96. The second-order valence-corrected chi connectivity index (χ2v) is 3.43. The Bertz CT molecular complexity index is 235. The number of amides is 2. The third-order valence-electron chi connectivity index (χ3n) is 2.30. The molecule has 1 aliphatic rings. The summed E-state index contributed by atoms with van der Waals surface area (Å²) in [6.07, 6.45) is 0.544. The van der Waals surface area contributed by atoms with E-state index in [0.717, 1.165) is 32.7 Å². The molecule has 0 aromatic heterocycles. The van der Waals surface area contributed by atoms with Crippen LogP contribution in [0.3, 0.4) is 0 Å². The fourth-order valence-corrected chi connectivity index (χ4v) is 1.37. The number of nitrogens with one attached hydrogen (secondary N) is 1. The van der Waals surface area contributed by atoms with Gasteiger partial charge in [0.15, 0.2) is 0 Å². The highest BCUT2D eigenvalue weighted by Gasteiger charge is 2.18. The minimum Gasteiger partial charge on any atom is -0.336 e. The van der Waals surface area contributed by atoms with E-state index in [2.05, 4.69) is 16.3 Å². The van der Waals surface area contributed by atoms with Crippen LogP contribution in [0.1, 0.15) is 6.42 Å². The number of nitriles is 1. The maximum atomic E-state index is 11.1. The Morgan fingerprint density at radius 2 is 2.43 bits per heavy atom. The minimum atomic E-state index is 0.0266. The topological polar surface area (TPSA) is 59.4 Å². The van der Waals surface area contributed by atoms with Gasteiger partial charge >= 0.3 is 6.03 Å². The summed E-state index contributed by atoms with van der Waals surface area (Å²) >= 11 is 0. The van der Waals surface area contributed by atoms with Gasteiger partial charge in [-0.1, -0.05) is 0 Å². The van der Waals surface area contributed by atoms with Gasteiger partial charge in [-0.2, -0.15) is 5.26 Å². The van der Waals surface area contributed by atoms with Crippen LogP contribution >= 0.6 is 0 Å². The molecule has 1 heterocycles. The van der Waals surface area contributed by atoms with E-state index in [-0.39, 0.29) is 6.03 Å². The smallest absolute Gasteiger partial charge is 0.317 e. The zero-order valence-corrected chi connectivity index (χ0v) is 8.49. The van der Waals surface area contributed by atoms with Gasteiger partial charge < -0.3 is 15.1 Å². The van der Waals surface area contributed by atoms with Crippen LogP contribution in [0.15, 0.2) is 0 Å². The van der Waals surface area contributed by atoms with Gasteiger partial charge in [-0.3, -0.25) is 0 Å². The lowest BCUT2D eigenvalue weighted by molar-refractivity contribution is 0.209. The van der Waals surface area contributed by atoms with Crippen LogP contribution in [0.25, 0.3) is 0 Å². The second kappa shape index (κ2) is 5.45. The Hall–Kier alpha value is -1.28. The first-order valence-electron chi connectivity index (χ1n) is 4.82. The first kappa shape index (κ1) is 10.8. The standard InChI is InChI=1S/C9H16N4O/c1-12(5-2-3-10)7-8-13-6-4-11-9(13)14/h2,4-8H2,1H3,(H,11,14). The van der Waals surface area contributed by atoms with E-state index < -0.39 is 0 Å². The molecule has 78 valence electrons. The maximum Gasteiger partial charge on any atom is 0.317 e. The van der Waals surface area contributed by atoms with Crippen molar-refractivity contribution < 1.29 is 4.79 Å². The summed E-state index contributed by atoms with van der Waals surface area (Å²) in [6.45, 7) is 3.89. The van der Waals surface area contributed by atoms with Crippen LogP contribution < -0.4 is 5.32 Å². The Labute approximate surface area is 84.3 Å². The van der Waals surface area contributed by atoms with Crippen LogP contribution in [-0.4, -0.2) is 55.6 Å². The predicted octanol–water partition coefficient (Wildman–Crippen LogP) is -0.143. The van der Waals surface area contributed by atoms with Gasteiger partial charge in [-0.05, 0) is 7.05 Å². The van der Waals surface area contributed by atoms with Gasteiger partial charge in [-0.15, -0.1) is 0 Å². The first-order valence-corrected chi connectivity index (χ1v) is 4.82. The summed E-state index contributed by atoms with van der Waals surface area (Å²) in [5.41, 5.74) is 0. The molecule has 1 aliphatic heterocycles. The fraction of sp³-hybridized carbons (Fsp3) is 0.778. The normalized spacial score (nSPS) is 15.8. The summed E-state index contributed by atoms with van der Waals surface area (Å²) in [5, 5.41) is 11.1. The Morgan fingerprint density at radius 1 is 1.64 bits per heavy atom. The molecule has 0 aromatic carbocycles. The number of likely N-dealkylation sites (N-methyl/N-ethyl adjacent to an activating group) is 1. The molecule has 0 spiro atoms. The number of carbonyl (C=O) groups is 1. The van der Waals surface area contributed by atoms with Crippen molar-refractivity contribution in [1.82, 2.24) is 15.1 Å². The molecule has 1 rings (SSSR count). The molecule has 0 radical (unpaired) electrons. The lowest BCUT2D eigenvalue weighted by atomic mass is 10.4. The van der Waals surface area contributed by atoms with E-state index in [9.17, 15) is 4.79 Å². The zero-order valence-electron chi connectivity index (χ0n) is 8.49. The van der Waals surface area contributed by atoms with Crippen LogP contribution in [0.5, 0.6) is 0 Å². The van der Waals surface area contributed by atoms with E-state index in [0.29, 0.717) is 6.42 Å². The fourth-order valence-electron chi connectivity index (χ4n) is 1.37. The molecule has 5 heteroatoms. The molecule has 5 nitrogen and oxygen atoms in total. The van der Waals surface area contributed by atoms with Crippen molar-refractivity contribution in [2.75, 3.05) is 39.8 Å². The number of nitrogens with zero attached hydrogens (tertiary/aromatic N) is 3. The molecular formula is C9H16N4O. The molecule has 1 fully saturated rings. The van der Waals surface area contributed by atoms with Crippen molar-refractivity contribution in [3.05, 3.63) is 0 Å². The number of carbonyl (C=O) groups excluding carboxylic acids is 1. The average Bonchev–Trinajstić information content (AvgIpc) is 2.58. The molecule has 1 N–H and O–H groups in total. The third kappa shape index (κ3) is 3.23. The minimum absolute atomic E-state index is 0.0266. The Kier molecular flexibility index (Phi) is 4.20. The van der Waals surface area contributed by atoms with Crippen molar-refractivity contribution in [1.29, 1.82) is 5.26 Å². The highest BCUT2D eigenvalue weighted by atomic mass is 16.2. The molecule has 0 bridgehead atoms. The highest BCUT2D eigenvalue weighted by molar-refractivity contribution is 5.76. The Balaban J connectivity index is 2.13. The summed E-state index contributed by atoms with van der Waals surface area (Å²) in [6, 6.07) is 2.13. The predicted molar refractivity (Wildman–Crippen MR) is 52.7 cm³/mol. The van der Waals surface area contributed by atoms with Crippen molar-refractivity contribution >= 4 is 6.03 Å². The lowest BCUT2D eigenvalue weighted by Gasteiger charge is -2.19. The molecule has 0 unspecified atom stereocenters. The van der Waals surface area contributed by atoms with Gasteiger partial charge in [0.05, 0.1) is 6.07 Å². The van der Waals surface area contributed by atoms with Gasteiger partial charge in [0.1, 0.15) is 0 Å². The third-order valence-corrected chi connectivity index (χ3v) is 2.30. The van der Waals surface area contributed by atoms with Crippen LogP contribution in [0.2, 0.25) is 0 Å². The summed E-state index contributed by atoms with van der Waals surface area (Å²) in [5.74, 6) is 0. The first-order chi connectivity index (χ1) is 6.74. The molecule has 1 saturated heterocycles. The molecule has 0 aromatic rings. The summed E-state index contributed by atoms with van der Waals surface area (Å²) in [7, 11) is 1.96.